The second kappa shape index (κ2) is 6.04. The van der Waals surface area contributed by atoms with Crippen LogP contribution in [0.25, 0.3) is 0 Å². The molecule has 2 aliphatic rings. The van der Waals surface area contributed by atoms with E-state index in [1.54, 1.807) is 37.3 Å². The van der Waals surface area contributed by atoms with E-state index in [0.717, 1.165) is 5.56 Å². The first-order valence-electron chi connectivity index (χ1n) is 7.99. The number of fused-ring (bicyclic) bond motifs is 4. The number of esters is 1. The van der Waals surface area contributed by atoms with Gasteiger partial charge in [0.1, 0.15) is 11.5 Å². The summed E-state index contributed by atoms with van der Waals surface area (Å²) in [5.74, 6) is 0.581. The van der Waals surface area contributed by atoms with Crippen LogP contribution in [0.5, 0.6) is 5.75 Å². The highest BCUT2D eigenvalue weighted by Gasteiger charge is 2.53. The lowest BCUT2D eigenvalue weighted by molar-refractivity contribution is 0.0217. The first-order chi connectivity index (χ1) is 12.5. The van der Waals surface area contributed by atoms with Crippen LogP contribution >= 0.6 is 23.2 Å². The zero-order valence-electron chi connectivity index (χ0n) is 13.9. The summed E-state index contributed by atoms with van der Waals surface area (Å²) in [7, 11) is 0. The Morgan fingerprint density at radius 3 is 2.69 bits per heavy atom. The molecule has 0 amide bonds. The largest absolute Gasteiger partial charge is 0.456 e. The lowest BCUT2D eigenvalue weighted by atomic mass is 9.77. The normalized spacial score (nSPS) is 21.2. The standard InChI is InChI=1S/C21H14Cl2O3/c1-3-15-18(10-12(2)22)25-19-11-13(23)8-9-17(19)21(15)16-7-5-4-6-14(16)20(24)26-21/h3-11H,1H2,2H3/b12-10+. The molecule has 1 spiro atoms. The summed E-state index contributed by atoms with van der Waals surface area (Å²) in [6.07, 6.45) is 3.32. The zero-order valence-corrected chi connectivity index (χ0v) is 15.4. The van der Waals surface area contributed by atoms with E-state index in [1.165, 1.54) is 0 Å². The molecule has 0 aromatic heterocycles. The summed E-state index contributed by atoms with van der Waals surface area (Å²) in [5, 5.41) is 1.04. The Bertz CT molecular complexity index is 1020. The number of hydrogen-bond acceptors (Lipinski definition) is 3. The van der Waals surface area contributed by atoms with Crippen LogP contribution in [0.1, 0.15) is 28.4 Å². The second-order valence-corrected chi connectivity index (χ2v) is 7.10. The molecule has 5 heteroatoms. The first-order valence-corrected chi connectivity index (χ1v) is 8.74. The molecule has 130 valence electrons. The molecule has 0 saturated heterocycles. The van der Waals surface area contributed by atoms with Gasteiger partial charge in [0.05, 0.1) is 5.56 Å². The van der Waals surface area contributed by atoms with Crippen molar-refractivity contribution in [1.29, 1.82) is 0 Å². The minimum Gasteiger partial charge on any atom is -0.456 e. The van der Waals surface area contributed by atoms with Crippen LogP contribution in [0.4, 0.5) is 0 Å². The quantitative estimate of drug-likeness (QED) is 0.620. The van der Waals surface area contributed by atoms with Gasteiger partial charge >= 0.3 is 5.97 Å². The molecule has 0 radical (unpaired) electrons. The summed E-state index contributed by atoms with van der Waals surface area (Å²) in [5.41, 5.74) is 1.42. The predicted molar refractivity (Wildman–Crippen MR) is 102 cm³/mol. The van der Waals surface area contributed by atoms with E-state index in [1.807, 2.05) is 24.3 Å². The Hall–Kier alpha value is -2.49. The van der Waals surface area contributed by atoms with Crippen molar-refractivity contribution in [3.8, 4) is 5.75 Å². The fourth-order valence-electron chi connectivity index (χ4n) is 3.51. The van der Waals surface area contributed by atoms with Crippen molar-refractivity contribution < 1.29 is 14.3 Å². The molecule has 26 heavy (non-hydrogen) atoms. The molecule has 2 aromatic rings. The van der Waals surface area contributed by atoms with Crippen LogP contribution in [-0.2, 0) is 10.3 Å². The molecule has 2 aliphatic heterocycles. The lowest BCUT2D eigenvalue weighted by Gasteiger charge is -2.36. The first kappa shape index (κ1) is 17.0. The van der Waals surface area contributed by atoms with Gasteiger partial charge in [-0.1, -0.05) is 54.1 Å². The van der Waals surface area contributed by atoms with Crippen molar-refractivity contribution in [2.45, 2.75) is 12.5 Å². The van der Waals surface area contributed by atoms with Crippen molar-refractivity contribution in [2.75, 3.05) is 0 Å². The van der Waals surface area contributed by atoms with Crippen LogP contribution in [0.15, 0.2) is 77.6 Å². The van der Waals surface area contributed by atoms with Crippen molar-refractivity contribution in [1.82, 2.24) is 0 Å². The average Bonchev–Trinajstić information content (AvgIpc) is 2.88. The third kappa shape index (κ3) is 2.32. The Morgan fingerprint density at radius 2 is 1.96 bits per heavy atom. The Balaban J connectivity index is 2.12. The van der Waals surface area contributed by atoms with E-state index in [9.17, 15) is 4.79 Å². The summed E-state index contributed by atoms with van der Waals surface area (Å²) >= 11 is 12.3. The number of carbonyl (C=O) groups excluding carboxylic acids is 1. The minimum absolute atomic E-state index is 0.395. The highest BCUT2D eigenvalue weighted by atomic mass is 35.5. The monoisotopic (exact) mass is 384 g/mol. The van der Waals surface area contributed by atoms with Crippen molar-refractivity contribution >= 4 is 29.2 Å². The number of allylic oxidation sites excluding steroid dienone is 2. The predicted octanol–water partition coefficient (Wildman–Crippen LogP) is 5.73. The molecule has 4 rings (SSSR count). The minimum atomic E-state index is -1.15. The molecule has 2 aromatic carbocycles. The van der Waals surface area contributed by atoms with Gasteiger partial charge in [-0.15, -0.1) is 0 Å². The van der Waals surface area contributed by atoms with Crippen molar-refractivity contribution in [2.24, 2.45) is 0 Å². The summed E-state index contributed by atoms with van der Waals surface area (Å²) in [6.45, 7) is 5.67. The molecule has 2 heterocycles. The number of hydrogen-bond donors (Lipinski definition) is 0. The van der Waals surface area contributed by atoms with Gasteiger partial charge in [0, 0.05) is 26.8 Å². The molecule has 0 bridgehead atoms. The Labute approximate surface area is 161 Å². The third-order valence-electron chi connectivity index (χ3n) is 4.49. The van der Waals surface area contributed by atoms with Gasteiger partial charge in [0.25, 0.3) is 0 Å². The summed E-state index contributed by atoms with van der Waals surface area (Å²) in [6, 6.07) is 12.6. The van der Waals surface area contributed by atoms with Crippen LogP contribution < -0.4 is 4.74 Å². The Morgan fingerprint density at radius 1 is 1.19 bits per heavy atom. The number of benzene rings is 2. The van der Waals surface area contributed by atoms with Crippen LogP contribution in [0.2, 0.25) is 5.02 Å². The average molecular weight is 385 g/mol. The molecular weight excluding hydrogens is 371 g/mol. The molecule has 0 aliphatic carbocycles. The van der Waals surface area contributed by atoms with Gasteiger partial charge in [-0.3, -0.25) is 0 Å². The molecule has 0 N–H and O–H groups in total. The number of halogens is 2. The molecule has 1 unspecified atom stereocenters. The third-order valence-corrected chi connectivity index (χ3v) is 4.84. The highest BCUT2D eigenvalue weighted by Crippen LogP contribution is 2.54. The zero-order chi connectivity index (χ0) is 18.5. The SMILES string of the molecule is C=CC1=C(/C=C(\C)Cl)Oc2cc(Cl)ccc2C12OC(=O)c1ccccc12. The summed E-state index contributed by atoms with van der Waals surface area (Å²) in [4.78, 5) is 12.6. The maximum atomic E-state index is 12.6. The van der Waals surface area contributed by atoms with E-state index >= 15 is 0 Å². The molecule has 0 fully saturated rings. The Kier molecular flexibility index (Phi) is 3.94. The topological polar surface area (TPSA) is 35.5 Å². The van der Waals surface area contributed by atoms with Gasteiger partial charge in [0.15, 0.2) is 5.60 Å². The number of ether oxygens (including phenoxy) is 2. The van der Waals surface area contributed by atoms with E-state index in [4.69, 9.17) is 32.7 Å². The molecule has 3 nitrogen and oxygen atoms in total. The lowest BCUT2D eigenvalue weighted by Crippen LogP contribution is -2.34. The van der Waals surface area contributed by atoms with Crippen LogP contribution in [-0.4, -0.2) is 5.97 Å². The molecule has 1 atom stereocenters. The van der Waals surface area contributed by atoms with E-state index in [-0.39, 0.29) is 0 Å². The summed E-state index contributed by atoms with van der Waals surface area (Å²) < 4.78 is 12.0. The maximum absolute atomic E-state index is 12.6. The van der Waals surface area contributed by atoms with E-state index < -0.39 is 11.6 Å². The second-order valence-electron chi connectivity index (χ2n) is 6.07. The van der Waals surface area contributed by atoms with Crippen molar-refractivity contribution in [3.63, 3.8) is 0 Å². The van der Waals surface area contributed by atoms with Gasteiger partial charge < -0.3 is 9.47 Å². The number of rotatable bonds is 2. The number of carbonyl (C=O) groups is 1. The van der Waals surface area contributed by atoms with E-state index in [0.29, 0.717) is 38.3 Å². The van der Waals surface area contributed by atoms with Gasteiger partial charge in [-0.2, -0.15) is 0 Å². The van der Waals surface area contributed by atoms with E-state index in [2.05, 4.69) is 6.58 Å². The molecular formula is C21H14Cl2O3. The van der Waals surface area contributed by atoms with Crippen molar-refractivity contribution in [3.05, 3.63) is 99.3 Å². The fourth-order valence-corrected chi connectivity index (χ4v) is 3.77. The maximum Gasteiger partial charge on any atom is 0.340 e. The molecule has 0 saturated carbocycles. The smallest absolute Gasteiger partial charge is 0.340 e. The highest BCUT2D eigenvalue weighted by molar-refractivity contribution is 6.30. The fraction of sp³-hybridized carbons (Fsp3) is 0.0952. The van der Waals surface area contributed by atoms with Gasteiger partial charge in [0.2, 0.25) is 0 Å². The van der Waals surface area contributed by atoms with Gasteiger partial charge in [-0.25, -0.2) is 4.79 Å². The van der Waals surface area contributed by atoms with Crippen LogP contribution in [0, 0.1) is 0 Å². The van der Waals surface area contributed by atoms with Gasteiger partial charge in [-0.05, 0) is 37.3 Å². The van der Waals surface area contributed by atoms with Crippen LogP contribution in [0.3, 0.4) is 0 Å².